The Hall–Kier alpha value is -3.98. The molecule has 3 aliphatic heterocycles. The highest BCUT2D eigenvalue weighted by Crippen LogP contribution is 2.43. The van der Waals surface area contributed by atoms with Crippen molar-refractivity contribution in [2.45, 2.75) is 109 Å². The number of hydrogen-bond donors (Lipinski definition) is 2. The summed E-state index contributed by atoms with van der Waals surface area (Å²) in [7, 11) is 0. The maximum atomic E-state index is 12.8. The van der Waals surface area contributed by atoms with Gasteiger partial charge in [0.15, 0.2) is 0 Å². The van der Waals surface area contributed by atoms with Crippen molar-refractivity contribution in [3.8, 4) is 0 Å². The van der Waals surface area contributed by atoms with Crippen molar-refractivity contribution in [1.82, 2.24) is 25.5 Å². The molecule has 47 heavy (non-hydrogen) atoms. The molecule has 1 unspecified atom stereocenters. The fourth-order valence-electron chi connectivity index (χ4n) is 6.01. The van der Waals surface area contributed by atoms with E-state index < -0.39 is 42.0 Å². The lowest BCUT2D eigenvalue weighted by Crippen LogP contribution is -2.50. The summed E-state index contributed by atoms with van der Waals surface area (Å²) >= 11 is 0. The molecule has 1 spiro atoms. The number of allylic oxidation sites excluding steroid dienone is 2. The van der Waals surface area contributed by atoms with Crippen LogP contribution in [0.1, 0.15) is 60.3 Å². The third-order valence-electron chi connectivity index (χ3n) is 8.69. The second kappa shape index (κ2) is 14.8. The molecule has 9 atom stereocenters. The topological polar surface area (TPSA) is 177 Å². The Bertz CT molecular complexity index is 1530. The van der Waals surface area contributed by atoms with E-state index in [4.69, 9.17) is 23.8 Å². The third-order valence-corrected chi connectivity index (χ3v) is 8.69. The van der Waals surface area contributed by atoms with Crippen LogP contribution in [0.4, 0.5) is 0 Å². The highest BCUT2D eigenvalue weighted by atomic mass is 16.7. The van der Waals surface area contributed by atoms with Gasteiger partial charge >= 0.3 is 11.9 Å². The Labute approximate surface area is 273 Å². The van der Waals surface area contributed by atoms with Crippen molar-refractivity contribution in [2.24, 2.45) is 5.92 Å². The molecular formula is C33H43N5O9. The van der Waals surface area contributed by atoms with Crippen LogP contribution in [-0.2, 0) is 33.3 Å². The average Bonchev–Trinajstić information content (AvgIpc) is 3.68. The van der Waals surface area contributed by atoms with Crippen LogP contribution >= 0.6 is 0 Å². The predicted molar refractivity (Wildman–Crippen MR) is 167 cm³/mol. The summed E-state index contributed by atoms with van der Waals surface area (Å²) in [4.78, 5) is 46.7. The molecule has 3 saturated heterocycles. The Morgan fingerprint density at radius 1 is 1.23 bits per heavy atom. The number of nitrogens with one attached hydrogen (secondary N) is 1. The van der Waals surface area contributed by atoms with Crippen LogP contribution in [0.15, 0.2) is 54.3 Å². The third kappa shape index (κ3) is 8.89. The summed E-state index contributed by atoms with van der Waals surface area (Å²) < 4.78 is 23.1. The molecule has 2 aromatic rings. The molecule has 14 heteroatoms. The fourth-order valence-corrected chi connectivity index (χ4v) is 6.01. The molecule has 0 aromatic carbocycles. The highest BCUT2D eigenvalue weighted by molar-refractivity contribution is 5.87. The van der Waals surface area contributed by atoms with Crippen molar-refractivity contribution in [3.63, 3.8) is 0 Å². The van der Waals surface area contributed by atoms with Gasteiger partial charge < -0.3 is 34.2 Å². The lowest BCUT2D eigenvalue weighted by Gasteiger charge is -2.39. The smallest absolute Gasteiger partial charge is 0.337 e. The molecule has 0 saturated carbocycles. The number of amides is 1. The van der Waals surface area contributed by atoms with Gasteiger partial charge in [0.1, 0.15) is 29.4 Å². The maximum absolute atomic E-state index is 12.8. The zero-order valence-corrected chi connectivity index (χ0v) is 27.3. The molecule has 5 rings (SSSR count). The van der Waals surface area contributed by atoms with Gasteiger partial charge in [-0.05, 0) is 67.8 Å². The van der Waals surface area contributed by atoms with Gasteiger partial charge in [0.2, 0.25) is 11.6 Å². The normalized spacial score (nSPS) is 31.7. The number of aromatic nitrogens is 4. The van der Waals surface area contributed by atoms with Gasteiger partial charge in [-0.25, -0.2) is 9.78 Å². The van der Waals surface area contributed by atoms with Crippen molar-refractivity contribution >= 4 is 29.0 Å². The maximum Gasteiger partial charge on any atom is 0.337 e. The first-order valence-corrected chi connectivity index (χ1v) is 15.9. The highest BCUT2D eigenvalue weighted by Gasteiger charge is 2.58. The largest absolute Gasteiger partial charge is 0.459 e. The molecule has 2 aromatic heterocycles. The number of carbonyl (C=O) groups is 3. The minimum atomic E-state index is -0.878. The van der Waals surface area contributed by atoms with Crippen LogP contribution < -0.4 is 10.2 Å². The minimum Gasteiger partial charge on any atom is -0.459 e. The van der Waals surface area contributed by atoms with E-state index in [1.165, 1.54) is 13.0 Å². The van der Waals surface area contributed by atoms with E-state index in [9.17, 15) is 19.5 Å². The summed E-state index contributed by atoms with van der Waals surface area (Å²) in [6.45, 7) is 9.41. The summed E-state index contributed by atoms with van der Waals surface area (Å²) in [6.07, 6.45) is 9.16. The van der Waals surface area contributed by atoms with Gasteiger partial charge in [0, 0.05) is 25.6 Å². The number of rotatable bonds is 11. The standard InChI is InChI=1S/C33H43N5O9/c1-19(8-11-27-20(2)15-26(22(4)45-27)35-29(40)13-10-21(3)44-23(5)39)9-12-28-31(42)33(18-43-33)17-24(46-28)16-30(41)47-38-32-25(36-37-38)7-6-14-34-32/h6-10,12-14,20-22,24,26-28,31,42H,11,15-18H2,1-5H3,(H,35,40)/t20-,21?,22+,24+,26+,27-,28+,31+,33+/m0/s1. The van der Waals surface area contributed by atoms with Crippen molar-refractivity contribution < 1.29 is 43.3 Å². The van der Waals surface area contributed by atoms with Crippen LogP contribution in [0.2, 0.25) is 0 Å². The first-order valence-electron chi connectivity index (χ1n) is 15.9. The molecule has 3 aliphatic rings. The summed E-state index contributed by atoms with van der Waals surface area (Å²) in [6, 6.07) is 3.28. The van der Waals surface area contributed by atoms with E-state index in [1.807, 2.05) is 19.9 Å². The van der Waals surface area contributed by atoms with Crippen LogP contribution in [-0.4, -0.2) is 98.0 Å². The summed E-state index contributed by atoms with van der Waals surface area (Å²) in [5.41, 5.74) is 1.05. The molecule has 0 aliphatic carbocycles. The molecular weight excluding hydrogens is 610 g/mol. The Morgan fingerprint density at radius 2 is 2.02 bits per heavy atom. The molecule has 2 N–H and O–H groups in total. The first kappa shape index (κ1) is 34.4. The number of hydrogen-bond acceptors (Lipinski definition) is 12. The van der Waals surface area contributed by atoms with Gasteiger partial charge in [-0.1, -0.05) is 30.7 Å². The number of aliphatic hydroxyl groups excluding tert-OH is 1. The quantitative estimate of drug-likeness (QED) is 0.119. The number of fused-ring (bicyclic) bond motifs is 1. The van der Waals surface area contributed by atoms with Gasteiger partial charge in [0.05, 0.1) is 37.4 Å². The van der Waals surface area contributed by atoms with Crippen LogP contribution in [0, 0.1) is 5.92 Å². The lowest BCUT2D eigenvalue weighted by atomic mass is 9.87. The minimum absolute atomic E-state index is 0.0339. The number of nitrogens with zero attached hydrogens (tertiary/aromatic N) is 4. The van der Waals surface area contributed by atoms with E-state index in [0.717, 1.165) is 16.8 Å². The number of epoxide rings is 1. The number of esters is 1. The van der Waals surface area contributed by atoms with E-state index in [-0.39, 0.29) is 36.5 Å². The number of pyridine rings is 1. The number of aliphatic hydroxyl groups is 1. The Balaban J connectivity index is 1.11. The summed E-state index contributed by atoms with van der Waals surface area (Å²) in [5, 5.41) is 21.8. The van der Waals surface area contributed by atoms with Crippen LogP contribution in [0.25, 0.3) is 11.2 Å². The summed E-state index contributed by atoms with van der Waals surface area (Å²) in [5.74, 6) is -1.04. The lowest BCUT2D eigenvalue weighted by molar-refractivity contribution is -0.161. The second-order valence-corrected chi connectivity index (χ2v) is 12.6. The van der Waals surface area contributed by atoms with Crippen molar-refractivity contribution in [1.29, 1.82) is 0 Å². The van der Waals surface area contributed by atoms with Crippen molar-refractivity contribution in [3.05, 3.63) is 54.3 Å². The SMILES string of the molecule is CC(=O)OC(C)C=CC(=O)N[C@@H]1C[C@H](C)[C@H](CC=C(C)C=C[C@H]2O[C@H](CC(=O)On3nnc4cccnc43)C[C@@]3(CO3)[C@@H]2O)O[C@@H]1C. The van der Waals surface area contributed by atoms with Crippen molar-refractivity contribution in [2.75, 3.05) is 6.61 Å². The number of ether oxygens (including phenoxy) is 4. The fraction of sp³-hybridized carbons (Fsp3) is 0.576. The van der Waals surface area contributed by atoms with E-state index in [2.05, 4.69) is 33.6 Å². The first-order chi connectivity index (χ1) is 22.4. The molecule has 0 bridgehead atoms. The molecule has 1 amide bonds. The zero-order valence-electron chi connectivity index (χ0n) is 27.3. The van der Waals surface area contributed by atoms with Crippen LogP contribution in [0.5, 0.6) is 0 Å². The van der Waals surface area contributed by atoms with E-state index >= 15 is 0 Å². The Kier molecular flexibility index (Phi) is 10.8. The van der Waals surface area contributed by atoms with Crippen LogP contribution in [0.3, 0.4) is 0 Å². The Morgan fingerprint density at radius 3 is 2.77 bits per heavy atom. The molecule has 254 valence electrons. The van der Waals surface area contributed by atoms with Gasteiger partial charge in [0.25, 0.3) is 0 Å². The van der Waals surface area contributed by atoms with Gasteiger partial charge in [-0.2, -0.15) is 0 Å². The monoisotopic (exact) mass is 653 g/mol. The van der Waals surface area contributed by atoms with Gasteiger partial charge in [-0.15, -0.1) is 5.10 Å². The van der Waals surface area contributed by atoms with E-state index in [1.54, 1.807) is 37.4 Å². The molecule has 0 radical (unpaired) electrons. The average molecular weight is 654 g/mol. The zero-order chi connectivity index (χ0) is 33.7. The predicted octanol–water partition coefficient (Wildman–Crippen LogP) is 2.16. The van der Waals surface area contributed by atoms with Gasteiger partial charge in [-0.3, -0.25) is 9.59 Å². The molecule has 3 fully saturated rings. The second-order valence-electron chi connectivity index (χ2n) is 12.6. The molecule has 14 nitrogen and oxygen atoms in total. The number of carbonyl (C=O) groups excluding carboxylic acids is 3. The molecule has 5 heterocycles. The van der Waals surface area contributed by atoms with E-state index in [0.29, 0.717) is 30.6 Å².